The third-order valence-electron chi connectivity index (χ3n) is 1.74. The molecule has 0 saturated heterocycles. The summed E-state index contributed by atoms with van der Waals surface area (Å²) in [5.41, 5.74) is 10.9. The van der Waals surface area contributed by atoms with Crippen LogP contribution in [0.1, 0.15) is 31.1 Å². The van der Waals surface area contributed by atoms with Crippen molar-refractivity contribution in [1.29, 1.82) is 0 Å². The van der Waals surface area contributed by atoms with Crippen molar-refractivity contribution in [2.24, 2.45) is 11.6 Å². The number of hydrazine groups is 2. The number of nitrogens with zero attached hydrogens (tertiary/aromatic N) is 1. The van der Waals surface area contributed by atoms with Gasteiger partial charge in [0, 0.05) is 7.05 Å². The second-order valence-corrected chi connectivity index (χ2v) is 3.13. The van der Waals surface area contributed by atoms with Gasteiger partial charge in [0.15, 0.2) is 0 Å². The van der Waals surface area contributed by atoms with E-state index in [9.17, 15) is 0 Å². The Bertz CT molecular complexity index is 273. The van der Waals surface area contributed by atoms with Crippen molar-refractivity contribution in [3.05, 3.63) is 35.4 Å². The van der Waals surface area contributed by atoms with Crippen LogP contribution >= 0.6 is 0 Å². The summed E-state index contributed by atoms with van der Waals surface area (Å²) in [4.78, 5) is 0. The first-order chi connectivity index (χ1) is 7.09. The molecule has 4 nitrogen and oxygen atoms in total. The van der Waals surface area contributed by atoms with Crippen LogP contribution in [0.15, 0.2) is 24.3 Å². The molecule has 0 spiro atoms. The summed E-state index contributed by atoms with van der Waals surface area (Å²) in [6, 6.07) is 8.00. The second-order valence-electron chi connectivity index (χ2n) is 3.13. The molecule has 0 saturated carbocycles. The highest BCUT2D eigenvalue weighted by molar-refractivity contribution is 5.24. The van der Waals surface area contributed by atoms with E-state index in [2.05, 4.69) is 5.43 Å². The van der Waals surface area contributed by atoms with E-state index >= 15 is 0 Å². The first-order valence-electron chi connectivity index (χ1n) is 5.16. The molecule has 86 valence electrons. The summed E-state index contributed by atoms with van der Waals surface area (Å²) < 4.78 is 0. The van der Waals surface area contributed by atoms with E-state index in [1.165, 1.54) is 10.7 Å². The molecule has 0 aliphatic carbocycles. The summed E-state index contributed by atoms with van der Waals surface area (Å²) in [7, 11) is 1.70. The van der Waals surface area contributed by atoms with E-state index < -0.39 is 0 Å². The Kier molecular flexibility index (Phi) is 6.90. The maximum absolute atomic E-state index is 5.83. The Morgan fingerprint density at radius 2 is 1.93 bits per heavy atom. The molecule has 1 unspecified atom stereocenters. The highest BCUT2D eigenvalue weighted by Gasteiger charge is 2.05. The predicted molar refractivity (Wildman–Crippen MR) is 64.5 cm³/mol. The van der Waals surface area contributed by atoms with E-state index in [4.69, 9.17) is 11.6 Å². The zero-order valence-electron chi connectivity index (χ0n) is 9.99. The smallest absolute Gasteiger partial charge is 0.0954 e. The van der Waals surface area contributed by atoms with Crippen LogP contribution in [0, 0.1) is 6.92 Å². The summed E-state index contributed by atoms with van der Waals surface area (Å²) in [5.74, 6) is 5.41. The second kappa shape index (κ2) is 7.36. The standard InChI is InChI=1S/C9H16N4.C2H6/c1-7-4-3-5-8(6-7)9(10)12-13(2)11;1-2/h3-6,9,12H,10-11H2,1-2H3;1-2H3. The van der Waals surface area contributed by atoms with Gasteiger partial charge in [-0.3, -0.25) is 5.84 Å². The van der Waals surface area contributed by atoms with Crippen molar-refractivity contribution >= 4 is 0 Å². The maximum atomic E-state index is 5.83. The molecule has 0 radical (unpaired) electrons. The van der Waals surface area contributed by atoms with Crippen LogP contribution in [0.3, 0.4) is 0 Å². The summed E-state index contributed by atoms with van der Waals surface area (Å²) in [5, 5.41) is 1.35. The number of hydrogen-bond donors (Lipinski definition) is 3. The molecule has 0 aliphatic rings. The summed E-state index contributed by atoms with van der Waals surface area (Å²) >= 11 is 0. The fourth-order valence-electron chi connectivity index (χ4n) is 1.16. The number of nitrogens with two attached hydrogens (primary N) is 2. The lowest BCUT2D eigenvalue weighted by Gasteiger charge is -2.19. The quantitative estimate of drug-likeness (QED) is 0.399. The van der Waals surface area contributed by atoms with Gasteiger partial charge < -0.3 is 5.73 Å². The highest BCUT2D eigenvalue weighted by atomic mass is 15.7. The van der Waals surface area contributed by atoms with Gasteiger partial charge in [-0.2, -0.15) is 5.12 Å². The summed E-state index contributed by atoms with van der Waals surface area (Å²) in [6.45, 7) is 6.03. The molecule has 5 N–H and O–H groups in total. The molecule has 1 atom stereocenters. The molecule has 0 amide bonds. The van der Waals surface area contributed by atoms with Crippen molar-refractivity contribution in [2.45, 2.75) is 26.9 Å². The van der Waals surface area contributed by atoms with E-state index in [1.807, 2.05) is 45.0 Å². The molecule has 1 aromatic carbocycles. The zero-order valence-corrected chi connectivity index (χ0v) is 9.99. The number of hydrogen-bond acceptors (Lipinski definition) is 4. The first-order valence-corrected chi connectivity index (χ1v) is 5.16. The van der Waals surface area contributed by atoms with Gasteiger partial charge in [-0.1, -0.05) is 43.7 Å². The molecule has 0 fully saturated rings. The largest absolute Gasteiger partial charge is 0.311 e. The Morgan fingerprint density at radius 3 is 2.40 bits per heavy atom. The molecule has 0 aromatic heterocycles. The van der Waals surface area contributed by atoms with Gasteiger partial charge >= 0.3 is 0 Å². The van der Waals surface area contributed by atoms with Crippen LogP contribution < -0.4 is 17.0 Å². The number of benzene rings is 1. The van der Waals surface area contributed by atoms with Crippen molar-refractivity contribution in [2.75, 3.05) is 7.05 Å². The van der Waals surface area contributed by atoms with Crippen molar-refractivity contribution in [3.63, 3.8) is 0 Å². The maximum Gasteiger partial charge on any atom is 0.0954 e. The van der Waals surface area contributed by atoms with E-state index in [-0.39, 0.29) is 6.17 Å². The number of nitrogens with one attached hydrogen (secondary N) is 1. The third kappa shape index (κ3) is 5.49. The molecule has 0 bridgehead atoms. The van der Waals surface area contributed by atoms with E-state index in [0.29, 0.717) is 0 Å². The molecule has 0 aliphatic heterocycles. The van der Waals surface area contributed by atoms with Crippen molar-refractivity contribution in [1.82, 2.24) is 10.5 Å². The van der Waals surface area contributed by atoms with Gasteiger partial charge in [0.1, 0.15) is 0 Å². The monoisotopic (exact) mass is 210 g/mol. The van der Waals surface area contributed by atoms with Gasteiger partial charge in [-0.25, -0.2) is 5.43 Å². The lowest BCUT2D eigenvalue weighted by Crippen LogP contribution is -2.45. The number of rotatable bonds is 3. The molecular formula is C11H22N4. The molecule has 1 aromatic rings. The highest BCUT2D eigenvalue weighted by Crippen LogP contribution is 2.09. The fourth-order valence-corrected chi connectivity index (χ4v) is 1.16. The van der Waals surface area contributed by atoms with E-state index in [0.717, 1.165) is 5.56 Å². The van der Waals surface area contributed by atoms with Crippen LogP contribution in [0.25, 0.3) is 0 Å². The van der Waals surface area contributed by atoms with Crippen LogP contribution in [-0.2, 0) is 0 Å². The van der Waals surface area contributed by atoms with Gasteiger partial charge in [0.2, 0.25) is 0 Å². The minimum atomic E-state index is -0.255. The average Bonchev–Trinajstić information content (AvgIpc) is 2.20. The van der Waals surface area contributed by atoms with E-state index in [1.54, 1.807) is 7.05 Å². The molecule has 15 heavy (non-hydrogen) atoms. The third-order valence-corrected chi connectivity index (χ3v) is 1.74. The summed E-state index contributed by atoms with van der Waals surface area (Å²) in [6.07, 6.45) is -0.255. The molecule has 4 heteroatoms. The Labute approximate surface area is 92.2 Å². The minimum Gasteiger partial charge on any atom is -0.311 e. The molecule has 1 rings (SSSR count). The van der Waals surface area contributed by atoms with Gasteiger partial charge in [0.05, 0.1) is 6.17 Å². The molecule has 0 heterocycles. The predicted octanol–water partition coefficient (Wildman–Crippen LogP) is 1.29. The lowest BCUT2D eigenvalue weighted by atomic mass is 10.1. The minimum absolute atomic E-state index is 0.255. The van der Waals surface area contributed by atoms with Crippen molar-refractivity contribution < 1.29 is 0 Å². The molecular weight excluding hydrogens is 188 g/mol. The SMILES string of the molecule is CC.Cc1cccc(C(N)NN(C)N)c1. The zero-order chi connectivity index (χ0) is 11.8. The normalized spacial score (nSPS) is 11.9. The lowest BCUT2D eigenvalue weighted by molar-refractivity contribution is 0.205. The van der Waals surface area contributed by atoms with Gasteiger partial charge in [-0.15, -0.1) is 0 Å². The van der Waals surface area contributed by atoms with Gasteiger partial charge in [0.25, 0.3) is 0 Å². The Hall–Kier alpha value is -0.940. The fraction of sp³-hybridized carbons (Fsp3) is 0.455. The topological polar surface area (TPSA) is 67.3 Å². The first kappa shape index (κ1) is 14.1. The Balaban J connectivity index is 0.000000921. The Morgan fingerprint density at radius 1 is 1.33 bits per heavy atom. The van der Waals surface area contributed by atoms with Crippen LogP contribution in [0.5, 0.6) is 0 Å². The average molecular weight is 210 g/mol. The van der Waals surface area contributed by atoms with Crippen molar-refractivity contribution in [3.8, 4) is 0 Å². The van der Waals surface area contributed by atoms with Crippen LogP contribution in [0.2, 0.25) is 0 Å². The van der Waals surface area contributed by atoms with Gasteiger partial charge in [-0.05, 0) is 12.5 Å². The van der Waals surface area contributed by atoms with Crippen LogP contribution in [-0.4, -0.2) is 12.2 Å². The number of aryl methyl sites for hydroxylation is 1. The van der Waals surface area contributed by atoms with Crippen LogP contribution in [0.4, 0.5) is 0 Å².